The lowest BCUT2D eigenvalue weighted by molar-refractivity contribution is 0.452. The minimum absolute atomic E-state index is 0.219. The third kappa shape index (κ3) is 6.65. The van der Waals surface area contributed by atoms with E-state index in [1.54, 1.807) is 0 Å². The molecule has 9 rings (SSSR count). The first-order valence-electron chi connectivity index (χ1n) is 19.6. The first kappa shape index (κ1) is 38.7. The molecule has 0 fully saturated rings. The van der Waals surface area contributed by atoms with Crippen molar-refractivity contribution in [2.24, 2.45) is 0 Å². The molecule has 8 aromatic rings. The highest BCUT2D eigenvalue weighted by Crippen LogP contribution is 2.57. The van der Waals surface area contributed by atoms with E-state index in [-0.39, 0.29) is 12.3 Å². The molecular weight excluding hydrogens is 789 g/mol. The van der Waals surface area contributed by atoms with Crippen molar-refractivity contribution in [3.8, 4) is 22.6 Å². The molecule has 0 atom stereocenters. The summed E-state index contributed by atoms with van der Waals surface area (Å²) in [4.78, 5) is 0. The van der Waals surface area contributed by atoms with Crippen molar-refractivity contribution in [2.75, 3.05) is 0 Å². The van der Waals surface area contributed by atoms with Crippen LogP contribution in [0.15, 0.2) is 158 Å². The molecule has 0 aliphatic carbocycles. The van der Waals surface area contributed by atoms with Crippen molar-refractivity contribution < 1.29 is 16.7 Å². The van der Waals surface area contributed by atoms with Gasteiger partial charge in [0.2, 0.25) is 0 Å². The second-order valence-electron chi connectivity index (χ2n) is 15.4. The summed E-state index contributed by atoms with van der Waals surface area (Å²) in [6.45, 7) is 8.13. The van der Waals surface area contributed by atoms with Crippen LogP contribution in [0.25, 0.3) is 32.7 Å². The van der Waals surface area contributed by atoms with Crippen LogP contribution in [0.2, 0.25) is 0 Å². The minimum Gasteiger partial charge on any atom is -0.599 e. The van der Waals surface area contributed by atoms with Crippen LogP contribution in [0.5, 0.6) is 11.5 Å². The Morgan fingerprint density at radius 1 is 0.448 bits per heavy atom. The molecule has 0 bridgehead atoms. The fourth-order valence-electron chi connectivity index (χ4n) is 8.94. The van der Waals surface area contributed by atoms with Crippen LogP contribution in [0.3, 0.4) is 0 Å². The molecule has 0 aromatic heterocycles. The molecule has 0 radical (unpaired) electrons. The summed E-state index contributed by atoms with van der Waals surface area (Å²) in [5.74, 6) is 1.18. The molecule has 8 aromatic carbocycles. The molecule has 0 amide bonds. The van der Waals surface area contributed by atoms with E-state index in [1.807, 2.05) is 149 Å². The van der Waals surface area contributed by atoms with Gasteiger partial charge in [0.1, 0.15) is 14.3 Å². The van der Waals surface area contributed by atoms with Crippen molar-refractivity contribution in [1.29, 1.82) is 0 Å². The summed E-state index contributed by atoms with van der Waals surface area (Å²) >= 11 is -3.01. The van der Waals surface area contributed by atoms with E-state index in [9.17, 15) is 0 Å². The molecule has 0 saturated heterocycles. The zero-order valence-electron chi connectivity index (χ0n) is 32.9. The predicted octanol–water partition coefficient (Wildman–Crippen LogP) is 11.9. The van der Waals surface area contributed by atoms with Gasteiger partial charge in [0, 0.05) is 44.7 Å². The quantitative estimate of drug-likeness (QED) is 0.113. The lowest BCUT2D eigenvalue weighted by Gasteiger charge is -2.26. The Balaban J connectivity index is 1.34. The molecule has 0 N–H and O–H groups in total. The number of aryl methyl sites for hydroxylation is 4. The Kier molecular flexibility index (Phi) is 10.3. The van der Waals surface area contributed by atoms with E-state index in [1.165, 1.54) is 0 Å². The van der Waals surface area contributed by atoms with Crippen LogP contribution < -0.4 is 28.8 Å². The fraction of sp³-hybridized carbons (Fsp3) is 0.120. The number of benzene rings is 8. The van der Waals surface area contributed by atoms with Crippen molar-refractivity contribution in [2.45, 2.75) is 40.0 Å². The second-order valence-corrected chi connectivity index (χ2v) is 23.0. The minimum atomic E-state index is -3.31. The van der Waals surface area contributed by atoms with Gasteiger partial charge in [0.15, 0.2) is 0 Å². The summed E-state index contributed by atoms with van der Waals surface area (Å²) < 4.78 is 45.9. The predicted molar refractivity (Wildman–Crippen MR) is 246 cm³/mol. The highest BCUT2D eigenvalue weighted by atomic mass is 35.6. The Morgan fingerprint density at radius 3 is 1.07 bits per heavy atom. The van der Waals surface area contributed by atoms with Gasteiger partial charge in [-0.25, -0.2) is 0 Å². The van der Waals surface area contributed by atoms with E-state index in [0.29, 0.717) is 11.5 Å². The lowest BCUT2D eigenvalue weighted by Crippen LogP contribution is -2.25. The van der Waals surface area contributed by atoms with Crippen LogP contribution in [0.4, 0.5) is 0 Å². The van der Waals surface area contributed by atoms with Crippen LogP contribution in [0.1, 0.15) is 33.4 Å². The molecule has 0 unspecified atom stereocenters. The third-order valence-corrected chi connectivity index (χ3v) is 19.7. The van der Waals surface area contributed by atoms with Crippen LogP contribution in [-0.2, 0) is 21.5 Å². The second kappa shape index (κ2) is 15.4. The maximum absolute atomic E-state index is 16.1. The first-order chi connectivity index (χ1) is 28.1. The molecule has 0 saturated carbocycles. The van der Waals surface area contributed by atoms with E-state index < -0.39 is 28.2 Å². The maximum Gasteiger partial charge on any atom is 0.999 e. The zero-order chi connectivity index (χ0) is 40.2. The molecule has 8 heteroatoms. The maximum atomic E-state index is 16.1. The van der Waals surface area contributed by atoms with Crippen molar-refractivity contribution in [3.63, 3.8) is 0 Å². The van der Waals surface area contributed by atoms with Crippen LogP contribution in [0, 0.1) is 27.7 Å². The zero-order valence-corrected chi connectivity index (χ0v) is 36.6. The molecule has 1 aliphatic heterocycles. The molecule has 0 spiro atoms. The molecule has 4 nitrogen and oxygen atoms in total. The lowest BCUT2D eigenvalue weighted by atomic mass is 9.89. The number of fused-ring (bicyclic) bond motifs is 7. The summed E-state index contributed by atoms with van der Waals surface area (Å²) in [7, 11) is 0.666. The van der Waals surface area contributed by atoms with E-state index in [0.717, 1.165) is 87.3 Å². The Hall–Kier alpha value is -4.84. The average Bonchev–Trinajstić information content (AvgIpc) is 3.38. The summed E-state index contributed by atoms with van der Waals surface area (Å²) in [5.41, 5.74) is 7.20. The fourth-order valence-corrected chi connectivity index (χ4v) is 16.9. The van der Waals surface area contributed by atoms with Gasteiger partial charge in [-0.05, 0) is 94.8 Å². The largest absolute Gasteiger partial charge is 0.999 e. The van der Waals surface area contributed by atoms with Crippen molar-refractivity contribution in [3.05, 3.63) is 191 Å². The molecule has 58 heavy (non-hydrogen) atoms. The van der Waals surface area contributed by atoms with Gasteiger partial charge < -0.3 is 16.7 Å². The van der Waals surface area contributed by atoms with E-state index in [4.69, 9.17) is 17.6 Å². The van der Waals surface area contributed by atoms with E-state index >= 15 is 9.13 Å². The van der Waals surface area contributed by atoms with Crippen LogP contribution in [-0.4, -0.2) is 13.9 Å². The highest BCUT2D eigenvalue weighted by molar-refractivity contribution is 7.78. The van der Waals surface area contributed by atoms with Gasteiger partial charge >= 0.3 is 13.9 Å². The van der Waals surface area contributed by atoms with Gasteiger partial charge in [-0.2, -0.15) is 10.0 Å². The van der Waals surface area contributed by atoms with Gasteiger partial charge in [-0.15, -0.1) is 0 Å². The molecular formula is C50H42AlClO4P2. The molecule has 286 valence electrons. The van der Waals surface area contributed by atoms with Gasteiger partial charge in [0.05, 0.1) is 11.5 Å². The number of rotatable bonds is 8. The summed E-state index contributed by atoms with van der Waals surface area (Å²) in [6.07, 6.45) is 0.438. The van der Waals surface area contributed by atoms with E-state index in [2.05, 4.69) is 36.4 Å². The topological polar surface area (TPSA) is 52.6 Å². The number of halogens is 1. The Morgan fingerprint density at radius 2 is 0.741 bits per heavy atom. The monoisotopic (exact) mass is 830 g/mol. The third-order valence-electron chi connectivity index (χ3n) is 11.6. The highest BCUT2D eigenvalue weighted by Gasteiger charge is 2.42. The molecule has 1 aliphatic rings. The van der Waals surface area contributed by atoms with Gasteiger partial charge in [-0.1, -0.05) is 146 Å². The first-order valence-corrected chi connectivity index (χ1v) is 26.0. The Labute approximate surface area is 349 Å². The SMILES string of the molecule is Cc1ccccc1P(=O)(Cc1cc2ccccc2c2c1[O][Al]([Cl])[O]c1c(CP(=O)(c3ccccc3C)c3ccccc3C)cc3ccccc3c1-2)c1ccccc1C. The van der Waals surface area contributed by atoms with Crippen molar-refractivity contribution in [1.82, 2.24) is 0 Å². The van der Waals surface area contributed by atoms with Crippen molar-refractivity contribution >= 4 is 81.0 Å². The number of hydrogen-bond acceptors (Lipinski definition) is 4. The van der Waals surface area contributed by atoms with Gasteiger partial charge in [-0.3, -0.25) is 0 Å². The summed E-state index contributed by atoms with van der Waals surface area (Å²) in [6, 6.07) is 52.8. The standard InChI is InChI=1S/C50H44O4P2.Al.ClH/c1-33-17-5-13-25-43(33)55(53,44-26-14-6-18-34(44)2)31-39-29-37-21-9-11-23-41(37)47(49(39)51)48-42-24-12-10-22-38(42)30-40(50(48)52)32-56(54,45-27-15-7-19-35(45)3)46-28-16-8-20-36(46)4;;/h5-30,51-52H,31-32H2,1-4H3;;1H/q;+3;/p-3. The van der Waals surface area contributed by atoms with Crippen LogP contribution >= 0.6 is 24.3 Å². The Bertz CT molecular complexity index is 2710. The normalized spacial score (nSPS) is 12.7. The smallest absolute Gasteiger partial charge is 0.599 e. The van der Waals surface area contributed by atoms with Gasteiger partial charge in [0.25, 0.3) is 0 Å². The number of hydrogen-bond donors (Lipinski definition) is 0. The average molecular weight is 831 g/mol. The summed E-state index contributed by atoms with van der Waals surface area (Å²) in [5, 5.41) is 7.22. The molecule has 1 heterocycles.